The average Bonchev–Trinajstić information content (AvgIpc) is 3.20. The number of aryl methyl sites for hydroxylation is 1. The molecule has 1 amide bonds. The minimum Gasteiger partial charge on any atom is -0.312 e. The van der Waals surface area contributed by atoms with Crippen molar-refractivity contribution in [2.45, 2.75) is 17.8 Å². The number of carbonyl (C=O) groups excluding carboxylic acids is 1. The van der Waals surface area contributed by atoms with Crippen molar-refractivity contribution in [3.8, 4) is 0 Å². The van der Waals surface area contributed by atoms with Crippen LogP contribution in [0.1, 0.15) is 28.4 Å². The molecule has 7 heteroatoms. The van der Waals surface area contributed by atoms with E-state index in [1.165, 1.54) is 5.39 Å². The summed E-state index contributed by atoms with van der Waals surface area (Å²) in [5, 5.41) is 15.4. The van der Waals surface area contributed by atoms with Gasteiger partial charge in [0.25, 0.3) is 5.91 Å². The molecule has 3 aromatic carbocycles. The molecule has 0 aliphatic heterocycles. The van der Waals surface area contributed by atoms with Gasteiger partial charge in [-0.15, -0.1) is 10.2 Å². The Morgan fingerprint density at radius 1 is 1.03 bits per heavy atom. The Labute approximate surface area is 179 Å². The quantitative estimate of drug-likeness (QED) is 0.288. The van der Waals surface area contributed by atoms with E-state index in [0.717, 1.165) is 33.1 Å². The molecule has 6 nitrogen and oxygen atoms in total. The summed E-state index contributed by atoms with van der Waals surface area (Å²) in [5.74, 6) is 0.524. The first-order valence-corrected chi connectivity index (χ1v) is 10.5. The van der Waals surface area contributed by atoms with Crippen LogP contribution in [-0.2, 0) is 12.8 Å². The molecule has 150 valence electrons. The summed E-state index contributed by atoms with van der Waals surface area (Å²) in [6.45, 7) is 1.89. The molecule has 30 heavy (non-hydrogen) atoms. The van der Waals surface area contributed by atoms with Gasteiger partial charge in [0.15, 0.2) is 5.16 Å². The Morgan fingerprint density at radius 2 is 1.77 bits per heavy atom. The number of hydrogen-bond donors (Lipinski definition) is 1. The number of aromatic nitrogens is 3. The lowest BCUT2D eigenvalue weighted by molar-refractivity contribution is 0.0955. The second-order valence-corrected chi connectivity index (χ2v) is 7.85. The van der Waals surface area contributed by atoms with E-state index >= 15 is 0 Å². The highest BCUT2D eigenvalue weighted by molar-refractivity contribution is 7.98. The molecule has 0 fully saturated rings. The molecule has 4 aromatic rings. The molecule has 0 bridgehead atoms. The number of hydrogen-bond acceptors (Lipinski definition) is 5. The van der Waals surface area contributed by atoms with Gasteiger partial charge in [0, 0.05) is 18.4 Å². The molecule has 0 spiro atoms. The number of nitrogens with zero attached hydrogens (tertiary/aromatic N) is 4. The number of rotatable bonds is 6. The van der Waals surface area contributed by atoms with Crippen LogP contribution >= 0.6 is 11.8 Å². The van der Waals surface area contributed by atoms with Gasteiger partial charge in [0.05, 0.1) is 5.71 Å². The van der Waals surface area contributed by atoms with E-state index in [2.05, 4.69) is 45.0 Å². The van der Waals surface area contributed by atoms with E-state index < -0.39 is 0 Å². The monoisotopic (exact) mass is 415 g/mol. The number of thioether (sulfide) groups is 1. The van der Waals surface area contributed by atoms with E-state index in [9.17, 15) is 4.79 Å². The highest BCUT2D eigenvalue weighted by atomic mass is 32.2. The highest BCUT2D eigenvalue weighted by Gasteiger charge is 2.07. The lowest BCUT2D eigenvalue weighted by atomic mass is 10.0. The first kappa shape index (κ1) is 19.8. The Kier molecular flexibility index (Phi) is 5.90. The summed E-state index contributed by atoms with van der Waals surface area (Å²) in [7, 11) is 1.91. The fourth-order valence-electron chi connectivity index (χ4n) is 2.98. The molecule has 0 aliphatic rings. The summed E-state index contributed by atoms with van der Waals surface area (Å²) in [5.41, 5.74) is 6.06. The molecule has 0 saturated carbocycles. The summed E-state index contributed by atoms with van der Waals surface area (Å²) in [6, 6.07) is 21.8. The standard InChI is InChI=1S/C23H21N5OS/c1-16(20-12-11-18-5-3-4-6-21(18)13-20)25-26-22(29)19-9-7-17(8-10-19)14-30-23-27-24-15-28(23)2/h3-13,15H,14H2,1-2H3,(H,26,29)/b25-16-. The maximum atomic E-state index is 12.4. The van der Waals surface area contributed by atoms with Crippen LogP contribution in [0.25, 0.3) is 10.8 Å². The maximum Gasteiger partial charge on any atom is 0.271 e. The normalized spacial score (nSPS) is 11.6. The van der Waals surface area contributed by atoms with Gasteiger partial charge in [0.2, 0.25) is 0 Å². The predicted octanol–water partition coefficient (Wildman–Crippen LogP) is 4.41. The van der Waals surface area contributed by atoms with E-state index in [-0.39, 0.29) is 5.91 Å². The van der Waals surface area contributed by atoms with Gasteiger partial charge >= 0.3 is 0 Å². The van der Waals surface area contributed by atoms with Gasteiger partial charge in [-0.1, -0.05) is 60.3 Å². The summed E-state index contributed by atoms with van der Waals surface area (Å²) >= 11 is 1.60. The van der Waals surface area contributed by atoms with Crippen molar-refractivity contribution in [1.29, 1.82) is 0 Å². The van der Waals surface area contributed by atoms with Gasteiger partial charge in [0.1, 0.15) is 6.33 Å². The third kappa shape index (κ3) is 4.58. The van der Waals surface area contributed by atoms with Crippen LogP contribution in [0.5, 0.6) is 0 Å². The van der Waals surface area contributed by atoms with Crippen molar-refractivity contribution < 1.29 is 4.79 Å². The van der Waals surface area contributed by atoms with Crippen molar-refractivity contribution in [3.63, 3.8) is 0 Å². The zero-order chi connectivity index (χ0) is 20.9. The van der Waals surface area contributed by atoms with Crippen LogP contribution in [0.3, 0.4) is 0 Å². The minimum atomic E-state index is -0.234. The molecule has 0 aliphatic carbocycles. The number of hydrazone groups is 1. The number of nitrogens with one attached hydrogen (secondary N) is 1. The third-order valence-corrected chi connectivity index (χ3v) is 5.85. The zero-order valence-electron chi connectivity index (χ0n) is 16.7. The maximum absolute atomic E-state index is 12.4. The molecule has 0 unspecified atom stereocenters. The summed E-state index contributed by atoms with van der Waals surface area (Å²) in [6.07, 6.45) is 1.68. The van der Waals surface area contributed by atoms with Crippen LogP contribution in [0.4, 0.5) is 0 Å². The molecular formula is C23H21N5OS. The van der Waals surface area contributed by atoms with Gasteiger partial charge in [-0.25, -0.2) is 5.43 Å². The van der Waals surface area contributed by atoms with Crippen LogP contribution in [0, 0.1) is 0 Å². The Bertz CT molecular complexity index is 1210. The van der Waals surface area contributed by atoms with E-state index in [1.807, 2.05) is 61.0 Å². The number of carbonyl (C=O) groups is 1. The van der Waals surface area contributed by atoms with Gasteiger partial charge in [-0.05, 0) is 47.0 Å². The van der Waals surface area contributed by atoms with E-state index in [0.29, 0.717) is 5.56 Å². The van der Waals surface area contributed by atoms with Crippen molar-refractivity contribution >= 4 is 34.2 Å². The second-order valence-electron chi connectivity index (χ2n) is 6.91. The first-order valence-electron chi connectivity index (χ1n) is 9.50. The third-order valence-electron chi connectivity index (χ3n) is 4.75. The first-order chi connectivity index (χ1) is 14.6. The van der Waals surface area contributed by atoms with Crippen molar-refractivity contribution in [2.24, 2.45) is 12.1 Å². The lowest BCUT2D eigenvalue weighted by Crippen LogP contribution is -2.19. The largest absolute Gasteiger partial charge is 0.312 e. The number of benzene rings is 3. The smallest absolute Gasteiger partial charge is 0.271 e. The molecular weight excluding hydrogens is 394 g/mol. The Balaban J connectivity index is 1.38. The second kappa shape index (κ2) is 8.92. The summed E-state index contributed by atoms with van der Waals surface area (Å²) in [4.78, 5) is 12.4. The minimum absolute atomic E-state index is 0.234. The molecule has 1 aromatic heterocycles. The van der Waals surface area contributed by atoms with Crippen LogP contribution in [0.15, 0.2) is 83.3 Å². The molecule has 1 heterocycles. The van der Waals surface area contributed by atoms with Gasteiger partial charge in [-0.3, -0.25) is 4.79 Å². The average molecular weight is 416 g/mol. The highest BCUT2D eigenvalue weighted by Crippen LogP contribution is 2.20. The fraction of sp³-hybridized carbons (Fsp3) is 0.130. The van der Waals surface area contributed by atoms with Crippen LogP contribution in [0.2, 0.25) is 0 Å². The molecule has 0 radical (unpaired) electrons. The fourth-order valence-corrected chi connectivity index (χ4v) is 3.83. The Hall–Kier alpha value is -3.45. The number of amides is 1. The van der Waals surface area contributed by atoms with Crippen molar-refractivity contribution in [2.75, 3.05) is 0 Å². The van der Waals surface area contributed by atoms with Crippen LogP contribution < -0.4 is 5.43 Å². The van der Waals surface area contributed by atoms with Crippen LogP contribution in [-0.4, -0.2) is 26.4 Å². The Morgan fingerprint density at radius 3 is 2.50 bits per heavy atom. The van der Waals surface area contributed by atoms with Gasteiger partial charge < -0.3 is 4.57 Å². The lowest BCUT2D eigenvalue weighted by Gasteiger charge is -2.06. The van der Waals surface area contributed by atoms with E-state index in [4.69, 9.17) is 0 Å². The molecule has 0 saturated heterocycles. The topological polar surface area (TPSA) is 72.2 Å². The molecule has 1 N–H and O–H groups in total. The zero-order valence-corrected chi connectivity index (χ0v) is 17.6. The van der Waals surface area contributed by atoms with Crippen molar-refractivity contribution in [1.82, 2.24) is 20.2 Å². The molecule has 4 rings (SSSR count). The van der Waals surface area contributed by atoms with Gasteiger partial charge in [-0.2, -0.15) is 5.10 Å². The SMILES string of the molecule is C/C(=N/NC(=O)c1ccc(CSc2nncn2C)cc1)c1ccc2ccccc2c1. The molecule has 0 atom stereocenters. The van der Waals surface area contributed by atoms with Crippen molar-refractivity contribution in [3.05, 3.63) is 89.7 Å². The summed E-state index contributed by atoms with van der Waals surface area (Å²) < 4.78 is 1.88. The number of fused-ring (bicyclic) bond motifs is 1. The predicted molar refractivity (Wildman–Crippen MR) is 121 cm³/mol. The van der Waals surface area contributed by atoms with E-state index in [1.54, 1.807) is 18.1 Å².